The van der Waals surface area contributed by atoms with Crippen molar-refractivity contribution in [2.24, 2.45) is 0 Å². The number of urea groups is 1. The van der Waals surface area contributed by atoms with Gasteiger partial charge < -0.3 is 15.7 Å². The van der Waals surface area contributed by atoms with E-state index in [1.54, 1.807) is 11.3 Å². The molecule has 2 rings (SSSR count). The standard InChI is InChI=1S/C17H23N3O2S/c1-2-16-20-14(12-23-16)8-9-18-17(22)19-11-15(21)10-13-6-4-3-5-7-13/h3-7,12,15,21H,2,8-11H2,1H3,(H2,18,19,22). The zero-order valence-corrected chi connectivity index (χ0v) is 14.1. The molecule has 1 aromatic carbocycles. The fourth-order valence-electron chi connectivity index (χ4n) is 2.16. The van der Waals surface area contributed by atoms with Gasteiger partial charge in [-0.25, -0.2) is 9.78 Å². The number of aryl methyl sites for hydroxylation is 1. The van der Waals surface area contributed by atoms with Crippen LogP contribution >= 0.6 is 11.3 Å². The number of carbonyl (C=O) groups excluding carboxylic acids is 1. The van der Waals surface area contributed by atoms with Crippen molar-refractivity contribution in [3.05, 3.63) is 52.0 Å². The summed E-state index contributed by atoms with van der Waals surface area (Å²) in [7, 11) is 0. The minimum atomic E-state index is -0.589. The molecule has 5 nitrogen and oxygen atoms in total. The van der Waals surface area contributed by atoms with Crippen molar-refractivity contribution in [1.29, 1.82) is 0 Å². The van der Waals surface area contributed by atoms with Gasteiger partial charge in [-0.1, -0.05) is 37.3 Å². The average molecular weight is 333 g/mol. The number of rotatable bonds is 8. The summed E-state index contributed by atoms with van der Waals surface area (Å²) in [5, 5.41) is 18.6. The summed E-state index contributed by atoms with van der Waals surface area (Å²) >= 11 is 1.65. The first kappa shape index (κ1) is 17.4. The van der Waals surface area contributed by atoms with Gasteiger partial charge in [0.25, 0.3) is 0 Å². The fraction of sp³-hybridized carbons (Fsp3) is 0.412. The minimum absolute atomic E-state index is 0.234. The summed E-state index contributed by atoms with van der Waals surface area (Å²) in [6, 6.07) is 9.47. The van der Waals surface area contributed by atoms with E-state index < -0.39 is 6.10 Å². The Hall–Kier alpha value is -1.92. The van der Waals surface area contributed by atoms with E-state index in [-0.39, 0.29) is 12.6 Å². The molecule has 6 heteroatoms. The number of carbonyl (C=O) groups is 1. The molecular formula is C17H23N3O2S. The largest absolute Gasteiger partial charge is 0.391 e. The van der Waals surface area contributed by atoms with Crippen molar-refractivity contribution in [2.75, 3.05) is 13.1 Å². The van der Waals surface area contributed by atoms with E-state index in [0.717, 1.165) is 29.1 Å². The third-order valence-electron chi connectivity index (χ3n) is 3.38. The Kier molecular flexibility index (Phi) is 7.03. The highest BCUT2D eigenvalue weighted by Crippen LogP contribution is 2.10. The Morgan fingerprint density at radius 2 is 2.09 bits per heavy atom. The van der Waals surface area contributed by atoms with Gasteiger partial charge in [-0.05, 0) is 12.0 Å². The van der Waals surface area contributed by atoms with Crippen molar-refractivity contribution in [3.8, 4) is 0 Å². The fourth-order valence-corrected chi connectivity index (χ4v) is 2.94. The van der Waals surface area contributed by atoms with Crippen LogP contribution in [0.3, 0.4) is 0 Å². The molecule has 0 aliphatic carbocycles. The maximum Gasteiger partial charge on any atom is 0.314 e. The van der Waals surface area contributed by atoms with Gasteiger partial charge in [-0.15, -0.1) is 11.3 Å². The van der Waals surface area contributed by atoms with Crippen LogP contribution in [0.1, 0.15) is 23.2 Å². The molecule has 0 saturated carbocycles. The molecule has 0 aliphatic rings. The molecule has 23 heavy (non-hydrogen) atoms. The lowest BCUT2D eigenvalue weighted by Gasteiger charge is -2.12. The number of nitrogens with one attached hydrogen (secondary N) is 2. The number of thiazole rings is 1. The van der Waals surface area contributed by atoms with Gasteiger partial charge in [0.05, 0.1) is 16.8 Å². The number of aromatic nitrogens is 1. The van der Waals surface area contributed by atoms with Crippen molar-refractivity contribution < 1.29 is 9.90 Å². The lowest BCUT2D eigenvalue weighted by atomic mass is 10.1. The van der Waals surface area contributed by atoms with E-state index in [1.165, 1.54) is 0 Å². The van der Waals surface area contributed by atoms with Gasteiger partial charge >= 0.3 is 6.03 Å². The van der Waals surface area contributed by atoms with Crippen LogP contribution in [0.15, 0.2) is 35.7 Å². The molecule has 0 aliphatic heterocycles. The summed E-state index contributed by atoms with van der Waals surface area (Å²) < 4.78 is 0. The molecule has 124 valence electrons. The van der Waals surface area contributed by atoms with Gasteiger partial charge in [0, 0.05) is 31.3 Å². The summed E-state index contributed by atoms with van der Waals surface area (Å²) in [4.78, 5) is 16.2. The van der Waals surface area contributed by atoms with Crippen molar-refractivity contribution >= 4 is 17.4 Å². The maximum absolute atomic E-state index is 11.7. The first-order valence-electron chi connectivity index (χ1n) is 7.84. The molecule has 2 aromatic rings. The normalized spacial score (nSPS) is 11.9. The van der Waals surface area contributed by atoms with Gasteiger partial charge in [0.1, 0.15) is 0 Å². The molecule has 0 fully saturated rings. The molecular weight excluding hydrogens is 310 g/mol. The second-order valence-corrected chi connectivity index (χ2v) is 6.26. The van der Waals surface area contributed by atoms with Crippen molar-refractivity contribution in [2.45, 2.75) is 32.3 Å². The SMILES string of the molecule is CCc1nc(CCNC(=O)NCC(O)Cc2ccccc2)cs1. The van der Waals surface area contributed by atoms with Crippen molar-refractivity contribution in [3.63, 3.8) is 0 Å². The van der Waals surface area contributed by atoms with E-state index in [4.69, 9.17) is 0 Å². The third-order valence-corrected chi connectivity index (χ3v) is 4.42. The molecule has 0 spiro atoms. The number of benzene rings is 1. The van der Waals surface area contributed by atoms with Crippen molar-refractivity contribution in [1.82, 2.24) is 15.6 Å². The lowest BCUT2D eigenvalue weighted by Crippen LogP contribution is -2.41. The molecule has 0 radical (unpaired) electrons. The number of aliphatic hydroxyl groups is 1. The first-order valence-corrected chi connectivity index (χ1v) is 8.72. The smallest absolute Gasteiger partial charge is 0.314 e. The third kappa shape index (κ3) is 6.38. The molecule has 1 aromatic heterocycles. The van der Waals surface area contributed by atoms with E-state index in [9.17, 15) is 9.90 Å². The van der Waals surface area contributed by atoms with Gasteiger partial charge in [-0.3, -0.25) is 0 Å². The lowest BCUT2D eigenvalue weighted by molar-refractivity contribution is 0.170. The van der Waals surface area contributed by atoms with E-state index in [1.807, 2.05) is 35.7 Å². The van der Waals surface area contributed by atoms with Gasteiger partial charge in [0.2, 0.25) is 0 Å². The molecule has 1 unspecified atom stereocenters. The zero-order valence-electron chi connectivity index (χ0n) is 13.3. The summed E-state index contributed by atoms with van der Waals surface area (Å²) in [6.45, 7) is 2.85. The van der Waals surface area contributed by atoms with Crippen LogP contribution in [-0.4, -0.2) is 35.3 Å². The van der Waals surface area contributed by atoms with Crippen LogP contribution in [0.2, 0.25) is 0 Å². The Bertz CT molecular complexity index is 601. The predicted octanol–water partition coefficient (Wildman–Crippen LogP) is 2.15. The van der Waals surface area contributed by atoms with E-state index in [2.05, 4.69) is 22.5 Å². The predicted molar refractivity (Wildman–Crippen MR) is 92.8 cm³/mol. The Morgan fingerprint density at radius 1 is 1.30 bits per heavy atom. The van der Waals surface area contributed by atoms with Crippen LogP contribution in [0.25, 0.3) is 0 Å². The highest BCUT2D eigenvalue weighted by molar-refractivity contribution is 7.09. The molecule has 0 bridgehead atoms. The van der Waals surface area contributed by atoms with Gasteiger partial charge in [-0.2, -0.15) is 0 Å². The van der Waals surface area contributed by atoms with Crippen LogP contribution in [0.4, 0.5) is 4.79 Å². The van der Waals surface area contributed by atoms with E-state index >= 15 is 0 Å². The maximum atomic E-state index is 11.7. The molecule has 2 amide bonds. The molecule has 3 N–H and O–H groups in total. The summed E-state index contributed by atoms with van der Waals surface area (Å²) in [5.74, 6) is 0. The van der Waals surface area contributed by atoms with Gasteiger partial charge in [0.15, 0.2) is 0 Å². The Balaban J connectivity index is 1.61. The number of amides is 2. The molecule has 0 saturated heterocycles. The molecule has 1 heterocycles. The highest BCUT2D eigenvalue weighted by atomic mass is 32.1. The highest BCUT2D eigenvalue weighted by Gasteiger charge is 2.08. The Labute approximate surface area is 140 Å². The van der Waals surface area contributed by atoms with Crippen LogP contribution in [-0.2, 0) is 19.3 Å². The number of aliphatic hydroxyl groups excluding tert-OH is 1. The number of nitrogens with zero attached hydrogens (tertiary/aromatic N) is 1. The van der Waals surface area contributed by atoms with E-state index in [0.29, 0.717) is 13.0 Å². The number of hydrogen-bond donors (Lipinski definition) is 3. The monoisotopic (exact) mass is 333 g/mol. The first-order chi connectivity index (χ1) is 11.2. The zero-order chi connectivity index (χ0) is 16.5. The van der Waals surface area contributed by atoms with Crippen LogP contribution in [0.5, 0.6) is 0 Å². The quantitative estimate of drug-likeness (QED) is 0.693. The topological polar surface area (TPSA) is 74.2 Å². The second kappa shape index (κ2) is 9.27. The van der Waals surface area contributed by atoms with Crippen LogP contribution < -0.4 is 10.6 Å². The van der Waals surface area contributed by atoms with Crippen LogP contribution in [0, 0.1) is 0 Å². The second-order valence-electron chi connectivity index (χ2n) is 5.32. The Morgan fingerprint density at radius 3 is 2.78 bits per heavy atom. The minimum Gasteiger partial charge on any atom is -0.391 e. The number of hydrogen-bond acceptors (Lipinski definition) is 4. The summed E-state index contributed by atoms with van der Waals surface area (Å²) in [5.41, 5.74) is 2.06. The summed E-state index contributed by atoms with van der Waals surface area (Å²) in [6.07, 6.45) is 1.60. The average Bonchev–Trinajstić information content (AvgIpc) is 3.02. The molecule has 1 atom stereocenters.